The number of fused-ring (bicyclic) bond motifs is 2. The Morgan fingerprint density at radius 2 is 1.00 bits per heavy atom. The zero-order chi connectivity index (χ0) is 48.8. The summed E-state index contributed by atoms with van der Waals surface area (Å²) >= 11 is 7.03. The Labute approximate surface area is 427 Å². The summed E-state index contributed by atoms with van der Waals surface area (Å²) in [5, 5.41) is 36.3. The second-order valence-electron chi connectivity index (χ2n) is 18.0. The Hall–Kier alpha value is -6.14. The number of nitrogens with zero attached hydrogens (tertiary/aromatic N) is 8. The van der Waals surface area contributed by atoms with Gasteiger partial charge in [-0.25, -0.2) is 9.36 Å². The molecule has 8 rings (SSSR count). The third kappa shape index (κ3) is 13.2. The van der Waals surface area contributed by atoms with Crippen LogP contribution in [0.4, 0.5) is 0 Å². The van der Waals surface area contributed by atoms with Crippen molar-refractivity contribution in [1.29, 1.82) is 0 Å². The molecular formula is C54H64Br2N10O4. The first kappa shape index (κ1) is 54.8. The van der Waals surface area contributed by atoms with Gasteiger partial charge in [0.05, 0.1) is 23.9 Å². The van der Waals surface area contributed by atoms with Gasteiger partial charge in [-0.15, -0.1) is 10.2 Å². The van der Waals surface area contributed by atoms with Crippen molar-refractivity contribution in [1.82, 2.24) is 52.1 Å². The Bertz CT molecular complexity index is 3100. The largest absolute Gasteiger partial charge is 0.481 e. The molecule has 70 heavy (non-hydrogen) atoms. The summed E-state index contributed by atoms with van der Waals surface area (Å²) in [5.41, 5.74) is 16.7. The van der Waals surface area contributed by atoms with Gasteiger partial charge >= 0.3 is 11.9 Å². The van der Waals surface area contributed by atoms with Gasteiger partial charge in [-0.1, -0.05) is 115 Å². The number of carbonyl (C=O) groups is 2. The molecule has 0 aliphatic carbocycles. The second-order valence-corrected chi connectivity index (χ2v) is 19.8. The van der Waals surface area contributed by atoms with Gasteiger partial charge in [-0.2, -0.15) is 0 Å². The predicted molar refractivity (Wildman–Crippen MR) is 286 cm³/mol. The van der Waals surface area contributed by atoms with Gasteiger partial charge in [0.25, 0.3) is 0 Å². The van der Waals surface area contributed by atoms with Gasteiger partial charge in [-0.3, -0.25) is 19.4 Å². The normalized spacial score (nSPS) is 12.1. The number of aliphatic carboxylic acids is 2. The van der Waals surface area contributed by atoms with Crippen LogP contribution in [0.5, 0.6) is 0 Å². The molecule has 0 aliphatic heterocycles. The molecule has 0 aliphatic rings. The first-order valence-corrected chi connectivity index (χ1v) is 24.1. The first-order valence-electron chi connectivity index (χ1n) is 22.5. The Kier molecular flexibility index (Phi) is 18.9. The fourth-order valence-corrected chi connectivity index (χ4v) is 9.83. The van der Waals surface area contributed by atoms with E-state index >= 15 is 0 Å². The van der Waals surface area contributed by atoms with Gasteiger partial charge in [0.2, 0.25) is 0 Å². The minimum absolute atomic E-state index is 0. The standard InChI is InChI=1S/2C27H29BrN4O2.2H3N/c1-17-5-8-20(13-21(17)16-31(3)15-19-6-9-22(28)10-7-19)24(14-26(33)34)23-11-12-25-27(18(23)2)29-30-32(25)4;1-17-8-9-20(13-21(17)16-31(3)15-19-6-5-7-22(28)12-19)24(14-26(33)34)23-10-11-25-27(18(23)2)29-30-32(25)4;;/h2*5-13,24H,14-16H2,1-4H3,(H,33,34);2*1H3. The van der Waals surface area contributed by atoms with Crippen molar-refractivity contribution >= 4 is 65.9 Å². The lowest BCUT2D eigenvalue weighted by atomic mass is 9.84. The highest BCUT2D eigenvalue weighted by Gasteiger charge is 2.25. The van der Waals surface area contributed by atoms with Crippen LogP contribution in [0, 0.1) is 27.7 Å². The molecule has 16 heteroatoms. The first-order chi connectivity index (χ1) is 32.4. The summed E-state index contributed by atoms with van der Waals surface area (Å²) in [6.07, 6.45) is 0.0346. The number of benzene rings is 6. The molecule has 0 bridgehead atoms. The van der Waals surface area contributed by atoms with E-state index in [1.165, 1.54) is 33.4 Å². The molecule has 2 aromatic heterocycles. The number of halogens is 2. The van der Waals surface area contributed by atoms with Crippen LogP contribution in [-0.4, -0.2) is 76.0 Å². The van der Waals surface area contributed by atoms with Crippen LogP contribution in [0.25, 0.3) is 22.1 Å². The monoisotopic (exact) mass is 1070 g/mol. The van der Waals surface area contributed by atoms with Crippen molar-refractivity contribution in [2.75, 3.05) is 14.1 Å². The van der Waals surface area contributed by atoms with Gasteiger partial charge in [0, 0.05) is 61.1 Å². The zero-order valence-corrected chi connectivity index (χ0v) is 44.4. The van der Waals surface area contributed by atoms with E-state index in [4.69, 9.17) is 0 Å². The van der Waals surface area contributed by atoms with E-state index in [0.29, 0.717) is 0 Å². The molecule has 8 aromatic rings. The zero-order valence-electron chi connectivity index (χ0n) is 41.2. The average molecular weight is 1080 g/mol. The van der Waals surface area contributed by atoms with Crippen LogP contribution in [0.15, 0.2) is 118 Å². The molecule has 0 saturated carbocycles. The van der Waals surface area contributed by atoms with Crippen molar-refractivity contribution < 1.29 is 19.8 Å². The SMILES string of the molecule is Cc1ccc(C(CC(=O)O)c2ccc3c(nnn3C)c2C)cc1CN(C)Cc1ccc(Br)cc1.Cc1ccc(C(CC(=O)O)c2ccc3c(nnn3C)c2C)cc1CN(C)Cc1cccc(Br)c1.N.N. The van der Waals surface area contributed by atoms with Crippen molar-refractivity contribution in [2.45, 2.75) is 78.6 Å². The number of rotatable bonds is 16. The molecule has 14 nitrogen and oxygen atoms in total. The van der Waals surface area contributed by atoms with Crippen LogP contribution < -0.4 is 12.3 Å². The Balaban J connectivity index is 0.000000254. The van der Waals surface area contributed by atoms with E-state index in [0.717, 1.165) is 90.6 Å². The highest BCUT2D eigenvalue weighted by Crippen LogP contribution is 2.36. The maximum absolute atomic E-state index is 11.9. The smallest absolute Gasteiger partial charge is 0.304 e. The van der Waals surface area contributed by atoms with E-state index in [1.54, 1.807) is 9.36 Å². The number of hydrogen-bond donors (Lipinski definition) is 4. The highest BCUT2D eigenvalue weighted by atomic mass is 79.9. The lowest BCUT2D eigenvalue weighted by Gasteiger charge is -2.22. The van der Waals surface area contributed by atoms with Crippen LogP contribution in [0.2, 0.25) is 0 Å². The van der Waals surface area contributed by atoms with Crippen molar-refractivity contribution in [3.8, 4) is 0 Å². The van der Waals surface area contributed by atoms with E-state index in [1.807, 2.05) is 64.3 Å². The van der Waals surface area contributed by atoms with Crippen molar-refractivity contribution in [3.63, 3.8) is 0 Å². The molecule has 6 aromatic carbocycles. The van der Waals surface area contributed by atoms with Crippen LogP contribution in [0.3, 0.4) is 0 Å². The molecule has 0 spiro atoms. The fourth-order valence-electron chi connectivity index (χ4n) is 9.12. The summed E-state index contributed by atoms with van der Waals surface area (Å²) in [6, 6.07) is 37.3. The summed E-state index contributed by atoms with van der Waals surface area (Å²) < 4.78 is 5.62. The molecule has 2 atom stereocenters. The number of hydrogen-bond acceptors (Lipinski definition) is 10. The molecule has 368 valence electrons. The molecular weight excluding hydrogens is 1010 g/mol. The second kappa shape index (κ2) is 24.1. The lowest BCUT2D eigenvalue weighted by molar-refractivity contribution is -0.138. The molecule has 0 saturated heterocycles. The van der Waals surface area contributed by atoms with Gasteiger partial charge < -0.3 is 22.5 Å². The Morgan fingerprint density at radius 1 is 0.557 bits per heavy atom. The predicted octanol–water partition coefficient (Wildman–Crippen LogP) is 11.5. The number of carboxylic acid groups (broad SMARTS) is 2. The topological polar surface area (TPSA) is 212 Å². The number of aromatic nitrogens is 6. The van der Waals surface area contributed by atoms with E-state index in [-0.39, 0.29) is 37.0 Å². The van der Waals surface area contributed by atoms with E-state index < -0.39 is 11.9 Å². The minimum Gasteiger partial charge on any atom is -0.481 e. The van der Waals surface area contributed by atoms with Crippen molar-refractivity contribution in [3.05, 3.63) is 185 Å². The average Bonchev–Trinajstić information content (AvgIpc) is 3.87. The van der Waals surface area contributed by atoms with Crippen LogP contribution in [0.1, 0.15) is 91.4 Å². The van der Waals surface area contributed by atoms with E-state index in [2.05, 4.69) is 163 Å². The summed E-state index contributed by atoms with van der Waals surface area (Å²) in [4.78, 5) is 28.3. The molecule has 0 fully saturated rings. The fraction of sp³-hybridized carbons (Fsp3) is 0.296. The minimum atomic E-state index is -0.822. The maximum atomic E-state index is 11.9. The molecule has 2 unspecified atom stereocenters. The number of aryl methyl sites for hydroxylation is 6. The Morgan fingerprint density at radius 3 is 1.43 bits per heavy atom. The van der Waals surface area contributed by atoms with Crippen LogP contribution in [-0.2, 0) is 49.9 Å². The van der Waals surface area contributed by atoms with Gasteiger partial charge in [0.15, 0.2) is 0 Å². The molecule has 0 amide bonds. The molecule has 8 N–H and O–H groups in total. The quantitative estimate of drug-likeness (QED) is 0.0712. The lowest BCUT2D eigenvalue weighted by Crippen LogP contribution is -2.18. The highest BCUT2D eigenvalue weighted by molar-refractivity contribution is 9.10. The summed E-state index contributed by atoms with van der Waals surface area (Å²) in [7, 11) is 7.93. The van der Waals surface area contributed by atoms with Gasteiger partial charge in [-0.05, 0) is 145 Å². The maximum Gasteiger partial charge on any atom is 0.304 e. The van der Waals surface area contributed by atoms with Crippen molar-refractivity contribution in [2.24, 2.45) is 14.1 Å². The molecule has 0 radical (unpaired) electrons. The number of carboxylic acids is 2. The third-order valence-corrected chi connectivity index (χ3v) is 13.8. The summed E-state index contributed by atoms with van der Waals surface area (Å²) in [6.45, 7) is 11.4. The summed E-state index contributed by atoms with van der Waals surface area (Å²) in [5.74, 6) is -2.17. The van der Waals surface area contributed by atoms with E-state index in [9.17, 15) is 19.8 Å². The van der Waals surface area contributed by atoms with Crippen LogP contribution >= 0.6 is 31.9 Å². The molecule has 2 heterocycles. The van der Waals surface area contributed by atoms with Gasteiger partial charge in [0.1, 0.15) is 11.0 Å². The third-order valence-electron chi connectivity index (χ3n) is 12.8.